The zero-order chi connectivity index (χ0) is 16.3. The van der Waals surface area contributed by atoms with Crippen molar-refractivity contribution in [2.75, 3.05) is 11.9 Å². The summed E-state index contributed by atoms with van der Waals surface area (Å²) >= 11 is 7.15. The maximum atomic E-state index is 11.9. The summed E-state index contributed by atoms with van der Waals surface area (Å²) in [7, 11) is 0. The summed E-state index contributed by atoms with van der Waals surface area (Å²) in [6, 6.07) is 3.56. The minimum atomic E-state index is -0.335. The number of hydrogen-bond donors (Lipinski definition) is 1. The number of amides is 1. The molecule has 0 radical (unpaired) electrons. The van der Waals surface area contributed by atoms with Crippen LogP contribution in [-0.4, -0.2) is 23.3 Å². The summed E-state index contributed by atoms with van der Waals surface area (Å²) in [6.07, 6.45) is 0. The van der Waals surface area contributed by atoms with Crippen LogP contribution >= 0.6 is 22.9 Å². The van der Waals surface area contributed by atoms with E-state index in [0.717, 1.165) is 11.1 Å². The molecule has 2 aromatic rings. The highest BCUT2D eigenvalue weighted by molar-refractivity contribution is 7.14. The van der Waals surface area contributed by atoms with Gasteiger partial charge < -0.3 is 4.74 Å². The number of Topliss-reactive ketones (excluding diaryl/α,β-unsaturated/α-hetero) is 1. The lowest BCUT2D eigenvalue weighted by molar-refractivity contribution is -0.118. The second-order valence-electron chi connectivity index (χ2n) is 4.80. The fourth-order valence-electron chi connectivity index (χ4n) is 1.91. The van der Waals surface area contributed by atoms with Gasteiger partial charge in [-0.05, 0) is 37.1 Å². The Morgan fingerprint density at radius 3 is 2.50 bits per heavy atom. The summed E-state index contributed by atoms with van der Waals surface area (Å²) in [5, 5.41) is 5.22. The average Bonchev–Trinajstić information content (AvgIpc) is 2.86. The summed E-state index contributed by atoms with van der Waals surface area (Å²) < 4.78 is 5.55. The van der Waals surface area contributed by atoms with Gasteiger partial charge in [0.2, 0.25) is 0 Å². The summed E-state index contributed by atoms with van der Waals surface area (Å²) in [4.78, 5) is 27.0. The monoisotopic (exact) mass is 338 g/mol. The number of thiazole rings is 1. The van der Waals surface area contributed by atoms with Crippen molar-refractivity contribution in [1.29, 1.82) is 0 Å². The summed E-state index contributed by atoms with van der Waals surface area (Å²) in [6.45, 7) is 5.02. The van der Waals surface area contributed by atoms with E-state index in [-0.39, 0.29) is 18.3 Å². The molecule has 1 aromatic heterocycles. The minimum absolute atomic E-state index is 0.139. The van der Waals surface area contributed by atoms with Gasteiger partial charge in [0, 0.05) is 17.3 Å². The number of hydrogen-bond acceptors (Lipinski definition) is 5. The standard InChI is InChI=1S/C15H15ClN2O3S/c1-8-4-11(16)5-9(2)14(8)21-6-13(20)18-15-17-12(7-22-15)10(3)19/h4-5,7H,6H2,1-3H3,(H,17,18,20). The molecule has 0 bridgehead atoms. The fraction of sp³-hybridized carbons (Fsp3) is 0.267. The van der Waals surface area contributed by atoms with E-state index in [1.54, 1.807) is 17.5 Å². The van der Waals surface area contributed by atoms with E-state index in [2.05, 4.69) is 10.3 Å². The lowest BCUT2D eigenvalue weighted by atomic mass is 10.1. The third-order valence-electron chi connectivity index (χ3n) is 2.88. The third kappa shape index (κ3) is 4.05. The zero-order valence-corrected chi connectivity index (χ0v) is 14.0. The van der Waals surface area contributed by atoms with Crippen LogP contribution in [0.4, 0.5) is 5.13 Å². The van der Waals surface area contributed by atoms with Crippen molar-refractivity contribution in [3.63, 3.8) is 0 Å². The predicted molar refractivity (Wildman–Crippen MR) is 87.2 cm³/mol. The number of benzene rings is 1. The number of halogens is 1. The van der Waals surface area contributed by atoms with Gasteiger partial charge in [-0.2, -0.15) is 0 Å². The van der Waals surface area contributed by atoms with Gasteiger partial charge in [0.25, 0.3) is 5.91 Å². The summed E-state index contributed by atoms with van der Waals surface area (Å²) in [5.74, 6) is 0.168. The maximum Gasteiger partial charge on any atom is 0.264 e. The number of anilines is 1. The number of carbonyl (C=O) groups is 2. The number of ether oxygens (including phenoxy) is 1. The van der Waals surface area contributed by atoms with Crippen LogP contribution in [0, 0.1) is 13.8 Å². The van der Waals surface area contributed by atoms with Gasteiger partial charge in [-0.1, -0.05) is 11.6 Å². The van der Waals surface area contributed by atoms with Gasteiger partial charge in [-0.3, -0.25) is 14.9 Å². The van der Waals surface area contributed by atoms with Crippen LogP contribution in [0.1, 0.15) is 28.5 Å². The van der Waals surface area contributed by atoms with Crippen molar-refractivity contribution in [2.45, 2.75) is 20.8 Å². The van der Waals surface area contributed by atoms with Gasteiger partial charge in [-0.15, -0.1) is 11.3 Å². The van der Waals surface area contributed by atoms with Crippen LogP contribution in [0.3, 0.4) is 0 Å². The lowest BCUT2D eigenvalue weighted by Gasteiger charge is -2.12. The molecular formula is C15H15ClN2O3S. The Balaban J connectivity index is 1.97. The molecule has 0 aliphatic rings. The first-order chi connectivity index (χ1) is 10.4. The Hall–Kier alpha value is -1.92. The lowest BCUT2D eigenvalue weighted by Crippen LogP contribution is -2.20. The number of aryl methyl sites for hydroxylation is 2. The van der Waals surface area contributed by atoms with Crippen molar-refractivity contribution in [1.82, 2.24) is 4.98 Å². The molecule has 5 nitrogen and oxygen atoms in total. The summed E-state index contributed by atoms with van der Waals surface area (Å²) in [5.41, 5.74) is 2.07. The molecule has 22 heavy (non-hydrogen) atoms. The molecule has 116 valence electrons. The van der Waals surface area contributed by atoms with Crippen molar-refractivity contribution in [3.05, 3.63) is 39.4 Å². The van der Waals surface area contributed by atoms with E-state index in [1.165, 1.54) is 18.3 Å². The molecule has 1 heterocycles. The SMILES string of the molecule is CC(=O)c1csc(NC(=O)COc2c(C)cc(Cl)cc2C)n1. The van der Waals surface area contributed by atoms with Gasteiger partial charge in [-0.25, -0.2) is 4.98 Å². The largest absolute Gasteiger partial charge is 0.483 e. The van der Waals surface area contributed by atoms with Gasteiger partial charge in [0.15, 0.2) is 17.5 Å². The molecular weight excluding hydrogens is 324 g/mol. The number of ketones is 1. The Kier molecular flexibility index (Phi) is 5.15. The van der Waals surface area contributed by atoms with Crippen LogP contribution < -0.4 is 10.1 Å². The number of nitrogens with one attached hydrogen (secondary N) is 1. The fourth-order valence-corrected chi connectivity index (χ4v) is 3.00. The highest BCUT2D eigenvalue weighted by atomic mass is 35.5. The Morgan fingerprint density at radius 2 is 1.95 bits per heavy atom. The molecule has 1 N–H and O–H groups in total. The number of rotatable bonds is 5. The second-order valence-corrected chi connectivity index (χ2v) is 6.09. The predicted octanol–water partition coefficient (Wildman–Crippen LogP) is 3.63. The Bertz CT molecular complexity index is 704. The first kappa shape index (κ1) is 16.5. The van der Waals surface area contributed by atoms with Gasteiger partial charge in [0.05, 0.1) is 0 Å². The molecule has 0 aliphatic carbocycles. The molecule has 0 unspecified atom stereocenters. The van der Waals surface area contributed by atoms with E-state index in [1.807, 2.05) is 13.8 Å². The molecule has 2 rings (SSSR count). The molecule has 0 saturated heterocycles. The maximum absolute atomic E-state index is 11.9. The normalized spacial score (nSPS) is 10.4. The van der Waals surface area contributed by atoms with Crippen molar-refractivity contribution in [2.24, 2.45) is 0 Å². The van der Waals surface area contributed by atoms with Gasteiger partial charge in [0.1, 0.15) is 11.4 Å². The van der Waals surface area contributed by atoms with Crippen LogP contribution in [0.15, 0.2) is 17.5 Å². The molecule has 0 spiro atoms. The number of aromatic nitrogens is 1. The molecule has 0 saturated carbocycles. The highest BCUT2D eigenvalue weighted by Gasteiger charge is 2.11. The van der Waals surface area contributed by atoms with E-state index in [0.29, 0.717) is 21.6 Å². The van der Waals surface area contributed by atoms with Crippen LogP contribution in [0.25, 0.3) is 0 Å². The molecule has 0 fully saturated rings. The third-order valence-corrected chi connectivity index (χ3v) is 3.86. The average molecular weight is 339 g/mol. The van der Waals surface area contributed by atoms with E-state index < -0.39 is 0 Å². The number of nitrogens with zero attached hydrogens (tertiary/aromatic N) is 1. The van der Waals surface area contributed by atoms with Crippen LogP contribution in [-0.2, 0) is 4.79 Å². The zero-order valence-electron chi connectivity index (χ0n) is 12.4. The quantitative estimate of drug-likeness (QED) is 0.845. The van der Waals surface area contributed by atoms with Crippen molar-refractivity contribution < 1.29 is 14.3 Å². The Morgan fingerprint density at radius 1 is 1.32 bits per heavy atom. The first-order valence-electron chi connectivity index (χ1n) is 6.52. The minimum Gasteiger partial charge on any atom is -0.483 e. The van der Waals surface area contributed by atoms with Crippen molar-refractivity contribution in [3.8, 4) is 5.75 Å². The molecule has 1 aromatic carbocycles. The second kappa shape index (κ2) is 6.89. The first-order valence-corrected chi connectivity index (χ1v) is 7.78. The van der Waals surface area contributed by atoms with Gasteiger partial charge >= 0.3 is 0 Å². The van der Waals surface area contributed by atoms with Crippen LogP contribution in [0.2, 0.25) is 5.02 Å². The molecule has 7 heteroatoms. The van der Waals surface area contributed by atoms with E-state index in [9.17, 15) is 9.59 Å². The van der Waals surface area contributed by atoms with Crippen LogP contribution in [0.5, 0.6) is 5.75 Å². The number of carbonyl (C=O) groups excluding carboxylic acids is 2. The topological polar surface area (TPSA) is 68.3 Å². The highest BCUT2D eigenvalue weighted by Crippen LogP contribution is 2.27. The molecule has 0 aliphatic heterocycles. The molecule has 1 amide bonds. The van der Waals surface area contributed by atoms with Crippen molar-refractivity contribution >= 4 is 39.8 Å². The van der Waals surface area contributed by atoms with E-state index in [4.69, 9.17) is 16.3 Å². The molecule has 0 atom stereocenters. The van der Waals surface area contributed by atoms with E-state index >= 15 is 0 Å². The Labute approximate surface area is 137 Å². The smallest absolute Gasteiger partial charge is 0.264 e.